The van der Waals surface area contributed by atoms with Crippen molar-refractivity contribution in [1.82, 2.24) is 0 Å². The van der Waals surface area contributed by atoms with E-state index in [-0.39, 0.29) is 0 Å². The SMILES string of the molecule is CCCCCCOc1c(C=NN=C(N)SCc2ccccc2)cccc1OC. The van der Waals surface area contributed by atoms with E-state index in [0.717, 1.165) is 24.2 Å². The number of nitrogens with two attached hydrogens (primary N) is 1. The number of para-hydroxylation sites is 1. The Morgan fingerprint density at radius 3 is 2.64 bits per heavy atom. The molecule has 0 heterocycles. The summed E-state index contributed by atoms with van der Waals surface area (Å²) in [5, 5.41) is 8.63. The molecule has 0 saturated carbocycles. The number of nitrogens with zero attached hydrogens (tertiary/aromatic N) is 2. The first-order valence-electron chi connectivity index (χ1n) is 9.57. The molecule has 0 spiro atoms. The van der Waals surface area contributed by atoms with Gasteiger partial charge >= 0.3 is 0 Å². The standard InChI is InChI=1S/C22H29N3O2S/c1-3-4-5-9-15-27-21-19(13-10-14-20(21)26-2)16-24-25-22(23)28-17-18-11-7-6-8-12-18/h6-8,10-14,16H,3-5,9,15,17H2,1-2H3,(H2,23,25). The van der Waals surface area contributed by atoms with Crippen molar-refractivity contribution < 1.29 is 9.47 Å². The Morgan fingerprint density at radius 1 is 1.07 bits per heavy atom. The second kappa shape index (κ2) is 12.8. The fourth-order valence-electron chi connectivity index (χ4n) is 2.56. The molecule has 5 nitrogen and oxygen atoms in total. The Hall–Kier alpha value is -2.47. The van der Waals surface area contributed by atoms with Gasteiger partial charge in [-0.15, -0.1) is 5.10 Å². The summed E-state index contributed by atoms with van der Waals surface area (Å²) in [4.78, 5) is 0. The summed E-state index contributed by atoms with van der Waals surface area (Å²) in [5.74, 6) is 2.14. The van der Waals surface area contributed by atoms with E-state index in [1.165, 1.54) is 30.2 Å². The van der Waals surface area contributed by atoms with Crippen LogP contribution in [0.25, 0.3) is 0 Å². The first-order chi connectivity index (χ1) is 13.7. The number of unbranched alkanes of at least 4 members (excludes halogenated alkanes) is 3. The van der Waals surface area contributed by atoms with Crippen LogP contribution in [0.5, 0.6) is 11.5 Å². The third-order valence-corrected chi connectivity index (χ3v) is 4.91. The molecule has 0 bridgehead atoms. The number of methoxy groups -OCH3 is 1. The van der Waals surface area contributed by atoms with Gasteiger partial charge in [-0.25, -0.2) is 0 Å². The molecular weight excluding hydrogens is 370 g/mol. The first-order valence-corrected chi connectivity index (χ1v) is 10.6. The van der Waals surface area contributed by atoms with Crippen LogP contribution >= 0.6 is 11.8 Å². The van der Waals surface area contributed by atoms with Gasteiger partial charge in [-0.1, -0.05) is 74.3 Å². The number of rotatable bonds is 11. The molecule has 0 unspecified atom stereocenters. The molecule has 2 aromatic rings. The molecule has 150 valence electrons. The number of benzene rings is 2. The zero-order chi connectivity index (χ0) is 20.0. The summed E-state index contributed by atoms with van der Waals surface area (Å²) in [7, 11) is 1.64. The Bertz CT molecular complexity index is 764. The quantitative estimate of drug-likeness (QED) is 0.243. The van der Waals surface area contributed by atoms with Crippen molar-refractivity contribution in [2.75, 3.05) is 13.7 Å². The van der Waals surface area contributed by atoms with Crippen molar-refractivity contribution in [3.8, 4) is 11.5 Å². The maximum Gasteiger partial charge on any atom is 0.180 e. The number of hydrogen-bond donors (Lipinski definition) is 1. The maximum absolute atomic E-state index is 5.97. The van der Waals surface area contributed by atoms with E-state index in [2.05, 4.69) is 29.3 Å². The highest BCUT2D eigenvalue weighted by Crippen LogP contribution is 2.30. The van der Waals surface area contributed by atoms with Crippen LogP contribution in [0.3, 0.4) is 0 Å². The largest absolute Gasteiger partial charge is 0.493 e. The number of ether oxygens (including phenoxy) is 2. The van der Waals surface area contributed by atoms with Gasteiger partial charge in [0, 0.05) is 11.3 Å². The highest BCUT2D eigenvalue weighted by molar-refractivity contribution is 8.13. The molecule has 0 aliphatic carbocycles. The van der Waals surface area contributed by atoms with Crippen molar-refractivity contribution in [1.29, 1.82) is 0 Å². The molecule has 0 aliphatic heterocycles. The lowest BCUT2D eigenvalue weighted by Crippen LogP contribution is -2.06. The lowest BCUT2D eigenvalue weighted by Gasteiger charge is -2.12. The van der Waals surface area contributed by atoms with Crippen molar-refractivity contribution in [3.63, 3.8) is 0 Å². The van der Waals surface area contributed by atoms with E-state index < -0.39 is 0 Å². The smallest absolute Gasteiger partial charge is 0.180 e. The van der Waals surface area contributed by atoms with Crippen LogP contribution in [0.2, 0.25) is 0 Å². The third-order valence-electron chi connectivity index (χ3n) is 4.06. The summed E-state index contributed by atoms with van der Waals surface area (Å²) in [6.45, 7) is 2.85. The van der Waals surface area contributed by atoms with Crippen LogP contribution in [-0.4, -0.2) is 25.1 Å². The molecule has 2 N–H and O–H groups in total. The number of hydrogen-bond acceptors (Lipinski definition) is 5. The Labute approximate surface area is 172 Å². The summed E-state index contributed by atoms with van der Waals surface area (Å²) in [5.41, 5.74) is 7.96. The fraction of sp³-hybridized carbons (Fsp3) is 0.364. The van der Waals surface area contributed by atoms with Gasteiger partial charge in [0.2, 0.25) is 0 Å². The molecule has 0 amide bonds. The van der Waals surface area contributed by atoms with E-state index >= 15 is 0 Å². The summed E-state index contributed by atoms with van der Waals surface area (Å²) in [6, 6.07) is 15.8. The fourth-order valence-corrected chi connectivity index (χ4v) is 3.17. The number of thioether (sulfide) groups is 1. The van der Waals surface area contributed by atoms with Crippen LogP contribution in [0, 0.1) is 0 Å². The Kier molecular flexibility index (Phi) is 10.0. The molecule has 28 heavy (non-hydrogen) atoms. The monoisotopic (exact) mass is 399 g/mol. The molecule has 6 heteroatoms. The lowest BCUT2D eigenvalue weighted by atomic mass is 10.2. The zero-order valence-corrected chi connectivity index (χ0v) is 17.5. The third kappa shape index (κ3) is 7.64. The van der Waals surface area contributed by atoms with Gasteiger partial charge < -0.3 is 15.2 Å². The topological polar surface area (TPSA) is 69.2 Å². The number of amidine groups is 1. The van der Waals surface area contributed by atoms with Gasteiger partial charge in [-0.05, 0) is 24.1 Å². The van der Waals surface area contributed by atoms with Gasteiger partial charge in [0.25, 0.3) is 0 Å². The highest BCUT2D eigenvalue weighted by Gasteiger charge is 2.09. The van der Waals surface area contributed by atoms with Crippen LogP contribution in [-0.2, 0) is 5.75 Å². The summed E-state index contributed by atoms with van der Waals surface area (Å²) < 4.78 is 11.4. The average Bonchev–Trinajstić information content (AvgIpc) is 2.73. The summed E-state index contributed by atoms with van der Waals surface area (Å²) >= 11 is 1.46. The van der Waals surface area contributed by atoms with E-state index in [1.807, 2.05) is 36.4 Å². The van der Waals surface area contributed by atoms with E-state index in [0.29, 0.717) is 23.3 Å². The molecule has 0 aliphatic rings. The molecule has 2 aromatic carbocycles. The molecular formula is C22H29N3O2S. The van der Waals surface area contributed by atoms with Gasteiger partial charge in [-0.3, -0.25) is 0 Å². The van der Waals surface area contributed by atoms with Gasteiger partial charge in [0.05, 0.1) is 19.9 Å². The minimum atomic E-state index is 0.421. The van der Waals surface area contributed by atoms with Crippen LogP contribution in [0.4, 0.5) is 0 Å². The molecule has 0 atom stereocenters. The van der Waals surface area contributed by atoms with E-state index in [9.17, 15) is 0 Å². The normalized spacial score (nSPS) is 11.7. The molecule has 0 fully saturated rings. The van der Waals surface area contributed by atoms with Gasteiger partial charge in [0.1, 0.15) is 0 Å². The minimum Gasteiger partial charge on any atom is -0.493 e. The maximum atomic E-state index is 5.97. The second-order valence-electron chi connectivity index (χ2n) is 6.24. The van der Waals surface area contributed by atoms with Crippen molar-refractivity contribution in [3.05, 3.63) is 59.7 Å². The molecule has 0 radical (unpaired) electrons. The first kappa shape index (κ1) is 21.8. The Balaban J connectivity index is 1.97. The lowest BCUT2D eigenvalue weighted by molar-refractivity contribution is 0.285. The van der Waals surface area contributed by atoms with E-state index in [1.54, 1.807) is 13.3 Å². The van der Waals surface area contributed by atoms with Crippen LogP contribution in [0.15, 0.2) is 58.7 Å². The van der Waals surface area contributed by atoms with Crippen molar-refractivity contribution in [2.24, 2.45) is 15.9 Å². The van der Waals surface area contributed by atoms with Crippen LogP contribution < -0.4 is 15.2 Å². The molecule has 2 rings (SSSR count). The highest BCUT2D eigenvalue weighted by atomic mass is 32.2. The van der Waals surface area contributed by atoms with Crippen molar-refractivity contribution >= 4 is 23.1 Å². The minimum absolute atomic E-state index is 0.421. The predicted octanol–water partition coefficient (Wildman–Crippen LogP) is 5.24. The van der Waals surface area contributed by atoms with E-state index in [4.69, 9.17) is 15.2 Å². The van der Waals surface area contributed by atoms with Gasteiger partial charge in [0.15, 0.2) is 16.7 Å². The average molecular weight is 400 g/mol. The van der Waals surface area contributed by atoms with Crippen molar-refractivity contribution in [2.45, 2.75) is 38.4 Å². The zero-order valence-electron chi connectivity index (χ0n) is 16.6. The summed E-state index contributed by atoms with van der Waals surface area (Å²) in [6.07, 6.45) is 6.25. The second-order valence-corrected chi connectivity index (χ2v) is 7.24. The van der Waals surface area contributed by atoms with Gasteiger partial charge in [-0.2, -0.15) is 5.10 Å². The Morgan fingerprint density at radius 2 is 1.89 bits per heavy atom. The molecule has 0 saturated heterocycles. The predicted molar refractivity (Wildman–Crippen MR) is 120 cm³/mol. The van der Waals surface area contributed by atoms with Crippen LogP contribution in [0.1, 0.15) is 43.7 Å². The molecule has 0 aromatic heterocycles.